The summed E-state index contributed by atoms with van der Waals surface area (Å²) in [6.07, 6.45) is 5.98. The minimum absolute atomic E-state index is 0.0311. The van der Waals surface area contributed by atoms with Gasteiger partial charge in [0.25, 0.3) is 0 Å². The monoisotopic (exact) mass is 284 g/mol. The first-order chi connectivity index (χ1) is 9.54. The number of amides is 1. The van der Waals surface area contributed by atoms with Crippen LogP contribution in [0.4, 0.5) is 0 Å². The van der Waals surface area contributed by atoms with Crippen molar-refractivity contribution in [1.29, 1.82) is 0 Å². The maximum absolute atomic E-state index is 11.8. The highest BCUT2D eigenvalue weighted by molar-refractivity contribution is 5.76. The Balaban J connectivity index is 2.27. The Hall–Kier alpha value is -1.10. The number of carbonyl (C=O) groups excluding carboxylic acids is 1. The maximum Gasteiger partial charge on any atom is 0.306 e. The topological polar surface area (TPSA) is 92.4 Å². The van der Waals surface area contributed by atoms with Gasteiger partial charge in [0.2, 0.25) is 5.91 Å². The molecule has 3 unspecified atom stereocenters. The third kappa shape index (κ3) is 5.90. The molecule has 3 atom stereocenters. The summed E-state index contributed by atoms with van der Waals surface area (Å²) in [6.45, 7) is 3.26. The van der Waals surface area contributed by atoms with Crippen LogP contribution in [0.15, 0.2) is 0 Å². The molecule has 5 heteroatoms. The number of hydrogen-bond donors (Lipinski definition) is 3. The molecule has 116 valence electrons. The molecule has 1 amide bonds. The van der Waals surface area contributed by atoms with Crippen molar-refractivity contribution >= 4 is 11.9 Å². The number of hydrogen-bond acceptors (Lipinski definition) is 3. The number of nitrogens with one attached hydrogen (secondary N) is 1. The van der Waals surface area contributed by atoms with E-state index in [4.69, 9.17) is 5.73 Å². The van der Waals surface area contributed by atoms with Crippen LogP contribution in [-0.4, -0.2) is 30.1 Å². The van der Waals surface area contributed by atoms with Crippen LogP contribution in [0.5, 0.6) is 0 Å². The molecule has 20 heavy (non-hydrogen) atoms. The third-order valence-electron chi connectivity index (χ3n) is 4.31. The molecule has 1 fully saturated rings. The van der Waals surface area contributed by atoms with Crippen molar-refractivity contribution in [2.45, 2.75) is 51.9 Å². The average Bonchev–Trinajstić information content (AvgIpc) is 2.43. The van der Waals surface area contributed by atoms with Crippen LogP contribution < -0.4 is 11.1 Å². The van der Waals surface area contributed by atoms with Gasteiger partial charge in [0, 0.05) is 13.0 Å². The molecule has 1 saturated carbocycles. The highest BCUT2D eigenvalue weighted by atomic mass is 16.4. The summed E-state index contributed by atoms with van der Waals surface area (Å²) in [5.41, 5.74) is 5.48. The van der Waals surface area contributed by atoms with Gasteiger partial charge in [0.15, 0.2) is 0 Å². The van der Waals surface area contributed by atoms with Gasteiger partial charge in [-0.05, 0) is 44.1 Å². The Kier molecular flexibility index (Phi) is 7.59. The van der Waals surface area contributed by atoms with Crippen LogP contribution in [0.2, 0.25) is 0 Å². The van der Waals surface area contributed by atoms with E-state index in [9.17, 15) is 14.7 Å². The SMILES string of the molecule is CC(CCN)CCC(=O)NCC1CCCCC1C(=O)O. The Labute approximate surface area is 121 Å². The molecule has 1 rings (SSSR count). The number of carboxylic acids is 1. The van der Waals surface area contributed by atoms with E-state index in [-0.39, 0.29) is 17.7 Å². The second-order valence-corrected chi connectivity index (χ2v) is 6.01. The zero-order valence-corrected chi connectivity index (χ0v) is 12.4. The minimum Gasteiger partial charge on any atom is -0.481 e. The summed E-state index contributed by atoms with van der Waals surface area (Å²) in [6, 6.07) is 0. The molecule has 4 N–H and O–H groups in total. The second-order valence-electron chi connectivity index (χ2n) is 6.01. The van der Waals surface area contributed by atoms with Gasteiger partial charge in [-0.25, -0.2) is 0 Å². The summed E-state index contributed by atoms with van der Waals surface area (Å²) >= 11 is 0. The molecule has 0 spiro atoms. The maximum atomic E-state index is 11.8. The Bertz CT molecular complexity index is 320. The number of aliphatic carboxylic acids is 1. The Morgan fingerprint density at radius 1 is 1.30 bits per heavy atom. The van der Waals surface area contributed by atoms with Crippen molar-refractivity contribution in [2.75, 3.05) is 13.1 Å². The minimum atomic E-state index is -0.722. The molecule has 5 nitrogen and oxygen atoms in total. The van der Waals surface area contributed by atoms with Crippen LogP contribution >= 0.6 is 0 Å². The molecule has 0 aromatic rings. The molecule has 0 radical (unpaired) electrons. The van der Waals surface area contributed by atoms with E-state index in [1.807, 2.05) is 0 Å². The Morgan fingerprint density at radius 3 is 2.65 bits per heavy atom. The second kappa shape index (κ2) is 8.95. The number of rotatable bonds is 8. The fourth-order valence-electron chi connectivity index (χ4n) is 2.92. The molecule has 1 aliphatic rings. The summed E-state index contributed by atoms with van der Waals surface area (Å²) in [4.78, 5) is 23.0. The molecule has 0 aromatic heterocycles. The van der Waals surface area contributed by atoms with Crippen molar-refractivity contribution in [3.8, 4) is 0 Å². The van der Waals surface area contributed by atoms with Crippen molar-refractivity contribution in [1.82, 2.24) is 5.32 Å². The van der Waals surface area contributed by atoms with E-state index < -0.39 is 5.97 Å². The Morgan fingerprint density at radius 2 is 2.00 bits per heavy atom. The van der Waals surface area contributed by atoms with Gasteiger partial charge in [0.05, 0.1) is 5.92 Å². The van der Waals surface area contributed by atoms with E-state index in [0.29, 0.717) is 25.4 Å². The standard InChI is InChI=1S/C15H28N2O3/c1-11(8-9-16)6-7-14(18)17-10-12-4-2-3-5-13(12)15(19)20/h11-13H,2-10,16H2,1H3,(H,17,18)(H,19,20). The lowest BCUT2D eigenvalue weighted by molar-refractivity contribution is -0.145. The first kappa shape index (κ1) is 17.0. The van der Waals surface area contributed by atoms with Crippen LogP contribution in [0, 0.1) is 17.8 Å². The molecule has 0 aliphatic heterocycles. The lowest BCUT2D eigenvalue weighted by atomic mass is 9.79. The van der Waals surface area contributed by atoms with Crippen molar-refractivity contribution in [3.05, 3.63) is 0 Å². The van der Waals surface area contributed by atoms with Crippen LogP contribution in [0.1, 0.15) is 51.9 Å². The fraction of sp³-hybridized carbons (Fsp3) is 0.867. The molecule has 0 bridgehead atoms. The zero-order valence-electron chi connectivity index (χ0n) is 12.4. The average molecular weight is 284 g/mol. The fourth-order valence-corrected chi connectivity index (χ4v) is 2.92. The molecule has 0 heterocycles. The van der Waals surface area contributed by atoms with Crippen LogP contribution in [-0.2, 0) is 9.59 Å². The van der Waals surface area contributed by atoms with Gasteiger partial charge < -0.3 is 16.2 Å². The summed E-state index contributed by atoms with van der Waals surface area (Å²) < 4.78 is 0. The van der Waals surface area contributed by atoms with Crippen molar-refractivity contribution in [3.63, 3.8) is 0 Å². The predicted octanol–water partition coefficient (Wildman–Crippen LogP) is 1.76. The van der Waals surface area contributed by atoms with E-state index >= 15 is 0 Å². The van der Waals surface area contributed by atoms with E-state index in [2.05, 4.69) is 12.2 Å². The summed E-state index contributed by atoms with van der Waals surface area (Å²) in [5.74, 6) is -0.428. The van der Waals surface area contributed by atoms with Crippen LogP contribution in [0.3, 0.4) is 0 Å². The van der Waals surface area contributed by atoms with E-state index in [1.54, 1.807) is 0 Å². The third-order valence-corrected chi connectivity index (χ3v) is 4.31. The van der Waals surface area contributed by atoms with Gasteiger partial charge in [-0.2, -0.15) is 0 Å². The first-order valence-electron chi connectivity index (χ1n) is 7.74. The zero-order chi connectivity index (χ0) is 15.0. The van der Waals surface area contributed by atoms with Gasteiger partial charge in [-0.15, -0.1) is 0 Å². The lowest BCUT2D eigenvalue weighted by Gasteiger charge is -2.28. The molecule has 0 aromatic carbocycles. The quantitative estimate of drug-likeness (QED) is 0.633. The summed E-state index contributed by atoms with van der Waals surface area (Å²) in [7, 11) is 0. The van der Waals surface area contributed by atoms with Gasteiger partial charge in [-0.1, -0.05) is 19.8 Å². The van der Waals surface area contributed by atoms with E-state index in [1.165, 1.54) is 0 Å². The smallest absolute Gasteiger partial charge is 0.306 e. The number of carboxylic acid groups (broad SMARTS) is 1. The molecule has 0 saturated heterocycles. The first-order valence-corrected chi connectivity index (χ1v) is 7.74. The largest absolute Gasteiger partial charge is 0.481 e. The molecular weight excluding hydrogens is 256 g/mol. The van der Waals surface area contributed by atoms with Gasteiger partial charge >= 0.3 is 5.97 Å². The molecule has 1 aliphatic carbocycles. The van der Waals surface area contributed by atoms with Crippen LogP contribution in [0.25, 0.3) is 0 Å². The lowest BCUT2D eigenvalue weighted by Crippen LogP contribution is -2.37. The van der Waals surface area contributed by atoms with Crippen molar-refractivity contribution < 1.29 is 14.7 Å². The highest BCUT2D eigenvalue weighted by Gasteiger charge is 2.30. The number of carbonyl (C=O) groups is 2. The predicted molar refractivity (Wildman–Crippen MR) is 78.2 cm³/mol. The number of nitrogens with two attached hydrogens (primary N) is 1. The van der Waals surface area contributed by atoms with Crippen molar-refractivity contribution in [2.24, 2.45) is 23.5 Å². The summed E-state index contributed by atoms with van der Waals surface area (Å²) in [5, 5.41) is 12.1. The van der Waals surface area contributed by atoms with Gasteiger partial charge in [-0.3, -0.25) is 9.59 Å². The van der Waals surface area contributed by atoms with E-state index in [0.717, 1.165) is 38.5 Å². The normalized spacial score (nSPS) is 24.1. The van der Waals surface area contributed by atoms with Gasteiger partial charge in [0.1, 0.15) is 0 Å². The molecular formula is C15H28N2O3. The highest BCUT2D eigenvalue weighted by Crippen LogP contribution is 2.29.